The molecule has 0 aromatic rings. The maximum Gasteiger partial charge on any atom is 0.332 e. The average molecular weight is 416 g/mol. The summed E-state index contributed by atoms with van der Waals surface area (Å²) in [6.45, 7) is 12.2. The van der Waals surface area contributed by atoms with E-state index in [-0.39, 0.29) is 0 Å². The molecule has 0 rings (SSSR count). The highest BCUT2D eigenvalue weighted by Crippen LogP contribution is 2.38. The summed E-state index contributed by atoms with van der Waals surface area (Å²) in [6, 6.07) is 0. The van der Waals surface area contributed by atoms with E-state index in [9.17, 15) is 39.6 Å². The summed E-state index contributed by atoms with van der Waals surface area (Å²) in [4.78, 5) is 45.8. The quantitative estimate of drug-likeness (QED) is 0.121. The number of aliphatic hydroxyl groups is 4. The van der Waals surface area contributed by atoms with Gasteiger partial charge in [0, 0.05) is 24.3 Å². The minimum absolute atomic E-state index is 0.542. The molecule has 4 N–H and O–H groups in total. The summed E-state index contributed by atoms with van der Waals surface area (Å²) in [5.74, 6) is -5.41. The minimum atomic E-state index is -3.28. The van der Waals surface area contributed by atoms with E-state index in [2.05, 4.69) is 45.3 Å². The Kier molecular flexibility index (Phi) is 10.2. The summed E-state index contributed by atoms with van der Waals surface area (Å²) in [7, 11) is 0. The summed E-state index contributed by atoms with van der Waals surface area (Å²) in [6.07, 6.45) is -9.05. The number of ether oxygens (including phenoxy) is 4. The van der Waals surface area contributed by atoms with Crippen molar-refractivity contribution in [1.82, 2.24) is 0 Å². The van der Waals surface area contributed by atoms with Crippen LogP contribution in [0.3, 0.4) is 0 Å². The molecule has 0 heterocycles. The summed E-state index contributed by atoms with van der Waals surface area (Å²) in [5, 5.41) is 41.2. The third-order valence-electron chi connectivity index (χ3n) is 3.29. The van der Waals surface area contributed by atoms with Crippen LogP contribution in [0.1, 0.15) is 0 Å². The van der Waals surface area contributed by atoms with E-state index in [4.69, 9.17) is 0 Å². The lowest BCUT2D eigenvalue weighted by molar-refractivity contribution is -0.368. The highest BCUT2D eigenvalue weighted by atomic mass is 16.7. The molecule has 0 aliphatic rings. The molecule has 12 nitrogen and oxygen atoms in total. The number of rotatable bonds is 12. The number of carbonyl (C=O) groups is 4. The minimum Gasteiger partial charge on any atom is -0.431 e. The van der Waals surface area contributed by atoms with Crippen molar-refractivity contribution in [3.8, 4) is 0 Å². The van der Waals surface area contributed by atoms with Crippen LogP contribution in [0.25, 0.3) is 0 Å². The third-order valence-corrected chi connectivity index (χ3v) is 3.29. The Morgan fingerprint density at radius 2 is 0.724 bits per heavy atom. The first-order valence-corrected chi connectivity index (χ1v) is 7.55. The van der Waals surface area contributed by atoms with E-state index in [0.717, 1.165) is 0 Å². The van der Waals surface area contributed by atoms with Gasteiger partial charge in [-0.1, -0.05) is 26.3 Å². The van der Waals surface area contributed by atoms with Crippen molar-refractivity contribution in [3.05, 3.63) is 50.6 Å². The largest absolute Gasteiger partial charge is 0.431 e. The fourth-order valence-electron chi connectivity index (χ4n) is 1.77. The molecule has 0 bridgehead atoms. The summed E-state index contributed by atoms with van der Waals surface area (Å²) in [5.41, 5.74) is -3.28. The molecule has 0 aliphatic heterocycles. The zero-order valence-electron chi connectivity index (χ0n) is 15.0. The van der Waals surface area contributed by atoms with Crippen LogP contribution in [0.4, 0.5) is 0 Å². The molecule has 0 radical (unpaired) electrons. The van der Waals surface area contributed by atoms with E-state index in [1.807, 2.05) is 0 Å². The summed E-state index contributed by atoms with van der Waals surface area (Å²) >= 11 is 0. The van der Waals surface area contributed by atoms with E-state index in [1.54, 1.807) is 0 Å². The average Bonchev–Trinajstić information content (AvgIpc) is 2.67. The number of hydrogen-bond acceptors (Lipinski definition) is 12. The standard InChI is InChI=1S/C17H20O12/c1-5-9(18)26-13(22)17(14(23)27-10(19)6-2,15(24)28-11(20)7-3)16(25)29-12(21)8-4/h5-8,13-16,22-25H,1-4H2. The van der Waals surface area contributed by atoms with Gasteiger partial charge in [0.2, 0.25) is 30.6 Å². The zero-order chi connectivity index (χ0) is 22.8. The lowest BCUT2D eigenvalue weighted by atomic mass is 9.83. The molecular formula is C17H20O12. The molecule has 0 fully saturated rings. The molecule has 0 aromatic heterocycles. The number of aliphatic hydroxyl groups excluding tert-OH is 4. The van der Waals surface area contributed by atoms with Gasteiger partial charge in [-0.05, 0) is 0 Å². The molecule has 4 unspecified atom stereocenters. The molecule has 0 saturated heterocycles. The van der Waals surface area contributed by atoms with Gasteiger partial charge in [-0.3, -0.25) is 0 Å². The molecule has 0 aromatic carbocycles. The van der Waals surface area contributed by atoms with E-state index in [1.165, 1.54) is 0 Å². The van der Waals surface area contributed by atoms with Crippen molar-refractivity contribution < 1.29 is 58.6 Å². The van der Waals surface area contributed by atoms with Crippen molar-refractivity contribution in [2.45, 2.75) is 25.2 Å². The molecule has 0 aliphatic carbocycles. The third kappa shape index (κ3) is 6.36. The second-order valence-corrected chi connectivity index (χ2v) is 4.97. The van der Waals surface area contributed by atoms with Gasteiger partial charge in [-0.2, -0.15) is 0 Å². The zero-order valence-corrected chi connectivity index (χ0v) is 15.0. The smallest absolute Gasteiger partial charge is 0.332 e. The van der Waals surface area contributed by atoms with Crippen molar-refractivity contribution in [2.75, 3.05) is 0 Å². The maximum absolute atomic E-state index is 11.5. The molecule has 29 heavy (non-hydrogen) atoms. The Bertz CT molecular complexity index is 564. The van der Waals surface area contributed by atoms with Crippen LogP contribution in [0.15, 0.2) is 50.6 Å². The van der Waals surface area contributed by atoms with Crippen LogP contribution in [-0.2, 0) is 38.1 Å². The maximum atomic E-state index is 11.5. The normalized spacial score (nSPS) is 16.4. The van der Waals surface area contributed by atoms with Gasteiger partial charge in [0.25, 0.3) is 0 Å². The highest BCUT2D eigenvalue weighted by molar-refractivity contribution is 5.83. The molecule has 0 spiro atoms. The van der Waals surface area contributed by atoms with Gasteiger partial charge in [-0.25, -0.2) is 19.2 Å². The molecule has 0 saturated carbocycles. The second kappa shape index (κ2) is 11.5. The Balaban J connectivity index is 6.53. The van der Waals surface area contributed by atoms with Crippen LogP contribution < -0.4 is 0 Å². The van der Waals surface area contributed by atoms with Crippen LogP contribution in [0, 0.1) is 5.41 Å². The van der Waals surface area contributed by atoms with E-state index >= 15 is 0 Å². The molecular weight excluding hydrogens is 396 g/mol. The Hall–Kier alpha value is -3.32. The lowest BCUT2D eigenvalue weighted by Gasteiger charge is -2.43. The van der Waals surface area contributed by atoms with Gasteiger partial charge in [0.15, 0.2) is 0 Å². The summed E-state index contributed by atoms with van der Waals surface area (Å²) < 4.78 is 17.8. The number of hydrogen-bond donors (Lipinski definition) is 4. The van der Waals surface area contributed by atoms with Crippen molar-refractivity contribution >= 4 is 23.9 Å². The van der Waals surface area contributed by atoms with Crippen LogP contribution in [-0.4, -0.2) is 69.5 Å². The lowest BCUT2D eigenvalue weighted by Crippen LogP contribution is -2.64. The predicted molar refractivity (Wildman–Crippen MR) is 91.6 cm³/mol. The van der Waals surface area contributed by atoms with Crippen LogP contribution >= 0.6 is 0 Å². The fraction of sp³-hybridized carbons (Fsp3) is 0.294. The van der Waals surface area contributed by atoms with Crippen molar-refractivity contribution in [3.63, 3.8) is 0 Å². The van der Waals surface area contributed by atoms with Crippen LogP contribution in [0.5, 0.6) is 0 Å². The first-order valence-electron chi connectivity index (χ1n) is 7.55. The monoisotopic (exact) mass is 416 g/mol. The first-order chi connectivity index (χ1) is 13.5. The first kappa shape index (κ1) is 25.7. The topological polar surface area (TPSA) is 186 Å². The number of carbonyl (C=O) groups excluding carboxylic acids is 4. The SMILES string of the molecule is C=CC(=O)OC(O)C(C(O)OC(=O)C=C)(C(O)OC(=O)C=C)C(O)OC(=O)C=C. The van der Waals surface area contributed by atoms with Crippen LogP contribution in [0.2, 0.25) is 0 Å². The van der Waals surface area contributed by atoms with Gasteiger partial charge in [0.05, 0.1) is 0 Å². The predicted octanol–water partition coefficient (Wildman–Crippen LogP) is -1.84. The van der Waals surface area contributed by atoms with Gasteiger partial charge in [0.1, 0.15) is 0 Å². The molecule has 0 amide bonds. The fourth-order valence-corrected chi connectivity index (χ4v) is 1.77. The van der Waals surface area contributed by atoms with E-state index < -0.39 is 54.5 Å². The molecule has 4 atom stereocenters. The Morgan fingerprint density at radius 1 is 0.552 bits per heavy atom. The second-order valence-electron chi connectivity index (χ2n) is 4.97. The van der Waals surface area contributed by atoms with E-state index in [0.29, 0.717) is 24.3 Å². The molecule has 160 valence electrons. The van der Waals surface area contributed by atoms with Crippen molar-refractivity contribution in [1.29, 1.82) is 0 Å². The van der Waals surface area contributed by atoms with Gasteiger partial charge in [-0.15, -0.1) is 0 Å². The highest BCUT2D eigenvalue weighted by Gasteiger charge is 2.64. The van der Waals surface area contributed by atoms with Crippen molar-refractivity contribution in [2.24, 2.45) is 5.41 Å². The van der Waals surface area contributed by atoms with Gasteiger partial charge < -0.3 is 39.4 Å². The van der Waals surface area contributed by atoms with Gasteiger partial charge >= 0.3 is 23.9 Å². The number of esters is 4. The Morgan fingerprint density at radius 3 is 0.862 bits per heavy atom. The molecule has 12 heteroatoms. The Labute approximate surface area is 164 Å².